The molecule has 196 valence electrons. The SMILES string of the molecule is CC(=O)O[C@@H]1[C@@H]2[C@@H](O)[C@]3(C)CC[C@H]4[C@@H]([C@@H](O)C4(C)C)[C@]3(C)C(=O)[C@@]2(OC(=O)c2ccccc2)C[C@H]1C. The largest absolute Gasteiger partial charge is 0.462 e. The second-order valence-corrected chi connectivity index (χ2v) is 12.8. The molecule has 0 unspecified atom stereocenters. The van der Waals surface area contributed by atoms with Crippen molar-refractivity contribution in [2.75, 3.05) is 0 Å². The van der Waals surface area contributed by atoms with E-state index in [1.807, 2.05) is 34.6 Å². The Morgan fingerprint density at radius 2 is 1.64 bits per heavy atom. The lowest BCUT2D eigenvalue weighted by Crippen LogP contribution is -2.79. The van der Waals surface area contributed by atoms with E-state index in [2.05, 4.69) is 0 Å². The lowest BCUT2D eigenvalue weighted by molar-refractivity contribution is -0.293. The van der Waals surface area contributed by atoms with Gasteiger partial charge >= 0.3 is 11.9 Å². The Hall–Kier alpha value is -2.25. The molecule has 0 radical (unpaired) electrons. The van der Waals surface area contributed by atoms with Crippen LogP contribution in [0.2, 0.25) is 0 Å². The van der Waals surface area contributed by atoms with Gasteiger partial charge in [-0.3, -0.25) is 9.59 Å². The number of ether oxygens (including phenoxy) is 2. The van der Waals surface area contributed by atoms with Crippen molar-refractivity contribution in [2.45, 2.75) is 84.7 Å². The van der Waals surface area contributed by atoms with Gasteiger partial charge in [-0.15, -0.1) is 0 Å². The maximum Gasteiger partial charge on any atom is 0.339 e. The van der Waals surface area contributed by atoms with Crippen LogP contribution < -0.4 is 0 Å². The van der Waals surface area contributed by atoms with Crippen molar-refractivity contribution in [3.05, 3.63) is 35.9 Å². The molecule has 5 rings (SSSR count). The Balaban J connectivity index is 1.66. The lowest BCUT2D eigenvalue weighted by Gasteiger charge is -2.72. The highest BCUT2D eigenvalue weighted by molar-refractivity contribution is 6.00. The number of Topliss-reactive ketones (excluding diaryl/α,β-unsaturated/α-hetero) is 1. The number of benzene rings is 1. The van der Waals surface area contributed by atoms with Gasteiger partial charge in [-0.25, -0.2) is 4.79 Å². The molecule has 4 aliphatic rings. The van der Waals surface area contributed by atoms with Crippen molar-refractivity contribution in [1.82, 2.24) is 0 Å². The fourth-order valence-corrected chi connectivity index (χ4v) is 8.68. The average molecular weight is 499 g/mol. The monoisotopic (exact) mass is 498 g/mol. The summed E-state index contributed by atoms with van der Waals surface area (Å²) >= 11 is 0. The van der Waals surface area contributed by atoms with Crippen LogP contribution in [0.25, 0.3) is 0 Å². The molecule has 10 atom stereocenters. The van der Waals surface area contributed by atoms with Crippen LogP contribution in [0.1, 0.15) is 71.2 Å². The predicted molar refractivity (Wildman–Crippen MR) is 131 cm³/mol. The summed E-state index contributed by atoms with van der Waals surface area (Å²) in [6.45, 7) is 11.0. The molecule has 0 aliphatic heterocycles. The number of hydrogen-bond donors (Lipinski definition) is 2. The van der Waals surface area contributed by atoms with Crippen LogP contribution in [-0.2, 0) is 19.1 Å². The summed E-state index contributed by atoms with van der Waals surface area (Å²) in [5, 5.41) is 23.4. The Kier molecular flexibility index (Phi) is 5.56. The van der Waals surface area contributed by atoms with Gasteiger partial charge in [-0.1, -0.05) is 52.8 Å². The molecular weight excluding hydrogens is 460 g/mol. The van der Waals surface area contributed by atoms with Crippen molar-refractivity contribution < 1.29 is 34.1 Å². The van der Waals surface area contributed by atoms with Crippen molar-refractivity contribution in [3.63, 3.8) is 0 Å². The summed E-state index contributed by atoms with van der Waals surface area (Å²) in [6, 6.07) is 8.48. The zero-order chi connectivity index (χ0) is 26.4. The second kappa shape index (κ2) is 7.87. The third-order valence-electron chi connectivity index (χ3n) is 10.8. The molecule has 0 spiro atoms. The zero-order valence-corrected chi connectivity index (χ0v) is 22.0. The number of hydrogen-bond acceptors (Lipinski definition) is 7. The summed E-state index contributed by atoms with van der Waals surface area (Å²) in [4.78, 5) is 40.4. The Labute approximate surface area is 212 Å². The van der Waals surface area contributed by atoms with Gasteiger partial charge in [0, 0.05) is 30.1 Å². The lowest BCUT2D eigenvalue weighted by atomic mass is 9.32. The van der Waals surface area contributed by atoms with Crippen LogP contribution in [-0.4, -0.2) is 51.8 Å². The molecule has 0 amide bonds. The first-order valence-corrected chi connectivity index (χ1v) is 13.1. The van der Waals surface area contributed by atoms with E-state index in [-0.39, 0.29) is 35.4 Å². The molecule has 0 heterocycles. The summed E-state index contributed by atoms with van der Waals surface area (Å²) < 4.78 is 11.9. The van der Waals surface area contributed by atoms with Crippen LogP contribution in [0.4, 0.5) is 0 Å². The van der Waals surface area contributed by atoms with Gasteiger partial charge in [-0.05, 0) is 42.2 Å². The Bertz CT molecular complexity index is 1100. The number of fused-ring (bicyclic) bond motifs is 4. The van der Waals surface area contributed by atoms with Gasteiger partial charge in [-0.2, -0.15) is 0 Å². The fourth-order valence-electron chi connectivity index (χ4n) is 8.68. The molecule has 4 fully saturated rings. The highest BCUT2D eigenvalue weighted by atomic mass is 16.6. The molecule has 4 saturated carbocycles. The number of aliphatic hydroxyl groups is 2. The number of esters is 2. The zero-order valence-electron chi connectivity index (χ0n) is 22.0. The second-order valence-electron chi connectivity index (χ2n) is 12.8. The standard InChI is InChI=1S/C29H38O7/c1-15-14-29(36-24(33)17-10-8-7-9-11-17)20(21(15)35-16(2)30)23(32)27(5)13-12-18-19(22(31)26(18,3)4)28(27,6)25(29)34/h7-11,15,18-23,31-32H,12-14H2,1-6H3/t15-,18+,19+,20-,21+,22-,23-,27+,28-,29-/m1/s1. The number of carbonyl (C=O) groups is 3. The first-order valence-electron chi connectivity index (χ1n) is 13.1. The maximum atomic E-state index is 14.9. The van der Waals surface area contributed by atoms with E-state index >= 15 is 0 Å². The summed E-state index contributed by atoms with van der Waals surface area (Å²) in [5.41, 5.74) is -3.70. The molecule has 2 N–H and O–H groups in total. The van der Waals surface area contributed by atoms with Crippen molar-refractivity contribution in [2.24, 2.45) is 39.9 Å². The molecule has 1 aromatic carbocycles. The van der Waals surface area contributed by atoms with Crippen molar-refractivity contribution >= 4 is 17.7 Å². The van der Waals surface area contributed by atoms with Crippen LogP contribution in [0.5, 0.6) is 0 Å². The van der Waals surface area contributed by atoms with Gasteiger partial charge in [0.05, 0.1) is 23.7 Å². The van der Waals surface area contributed by atoms with E-state index in [1.54, 1.807) is 30.3 Å². The van der Waals surface area contributed by atoms with E-state index in [0.717, 1.165) is 6.42 Å². The van der Waals surface area contributed by atoms with Crippen LogP contribution in [0, 0.1) is 39.9 Å². The molecule has 7 nitrogen and oxygen atoms in total. The molecule has 7 heteroatoms. The highest BCUT2D eigenvalue weighted by Gasteiger charge is 2.81. The molecule has 1 aromatic rings. The smallest absolute Gasteiger partial charge is 0.339 e. The minimum atomic E-state index is -1.67. The van der Waals surface area contributed by atoms with Crippen molar-refractivity contribution in [3.8, 4) is 0 Å². The molecule has 0 aromatic heterocycles. The van der Waals surface area contributed by atoms with Crippen LogP contribution >= 0.6 is 0 Å². The molecule has 0 saturated heterocycles. The Morgan fingerprint density at radius 1 is 1.00 bits per heavy atom. The third-order valence-corrected chi connectivity index (χ3v) is 10.8. The molecular formula is C29H38O7. The number of rotatable bonds is 3. The Morgan fingerprint density at radius 3 is 2.25 bits per heavy atom. The molecule has 0 bridgehead atoms. The third kappa shape index (κ3) is 2.96. The molecule has 36 heavy (non-hydrogen) atoms. The first kappa shape index (κ1) is 25.4. The highest BCUT2D eigenvalue weighted by Crippen LogP contribution is 2.74. The van der Waals surface area contributed by atoms with E-state index in [1.165, 1.54) is 6.92 Å². The number of ketones is 1. The van der Waals surface area contributed by atoms with Gasteiger partial charge in [0.15, 0.2) is 11.4 Å². The van der Waals surface area contributed by atoms with Gasteiger partial charge in [0.2, 0.25) is 0 Å². The summed E-state index contributed by atoms with van der Waals surface area (Å²) in [7, 11) is 0. The van der Waals surface area contributed by atoms with E-state index in [9.17, 15) is 24.6 Å². The topological polar surface area (TPSA) is 110 Å². The van der Waals surface area contributed by atoms with Gasteiger partial charge in [0.25, 0.3) is 0 Å². The van der Waals surface area contributed by atoms with Gasteiger partial charge in [0.1, 0.15) is 6.10 Å². The summed E-state index contributed by atoms with van der Waals surface area (Å²) in [6.07, 6.45) is -1.05. The quantitative estimate of drug-likeness (QED) is 0.613. The van der Waals surface area contributed by atoms with E-state index in [4.69, 9.17) is 9.47 Å². The minimum absolute atomic E-state index is 0.114. The fraction of sp³-hybridized carbons (Fsp3) is 0.690. The van der Waals surface area contributed by atoms with Crippen molar-refractivity contribution in [1.29, 1.82) is 0 Å². The number of aliphatic hydroxyl groups excluding tert-OH is 2. The van der Waals surface area contributed by atoms with Gasteiger partial charge < -0.3 is 19.7 Å². The minimum Gasteiger partial charge on any atom is -0.462 e. The normalized spacial score (nSPS) is 46.6. The predicted octanol–water partition coefficient (Wildman–Crippen LogP) is 3.55. The average Bonchev–Trinajstić information content (AvgIpc) is 3.10. The molecule has 4 aliphatic carbocycles. The first-order chi connectivity index (χ1) is 16.7. The summed E-state index contributed by atoms with van der Waals surface area (Å²) in [5.74, 6) is -2.86. The van der Waals surface area contributed by atoms with E-state index < -0.39 is 52.6 Å². The van der Waals surface area contributed by atoms with E-state index in [0.29, 0.717) is 12.0 Å². The maximum absolute atomic E-state index is 14.9. The van der Waals surface area contributed by atoms with Crippen LogP contribution in [0.3, 0.4) is 0 Å². The number of carbonyl (C=O) groups excluding carboxylic acids is 3. The van der Waals surface area contributed by atoms with Crippen LogP contribution in [0.15, 0.2) is 30.3 Å².